The number of unbranched alkanes of at least 4 members (excludes halogenated alkanes) is 40. The quantitative estimate of drug-likeness (QED) is 0.0451. The van der Waals surface area contributed by atoms with Gasteiger partial charge in [-0.3, -0.25) is 0 Å². The molecule has 0 aromatic carbocycles. The molecule has 0 aliphatic carbocycles. The van der Waals surface area contributed by atoms with Gasteiger partial charge in [0.15, 0.2) is 0 Å². The molecule has 4 unspecified atom stereocenters. The lowest BCUT2D eigenvalue weighted by Crippen LogP contribution is -2.51. The first kappa shape index (κ1) is 57.0. The van der Waals surface area contributed by atoms with Gasteiger partial charge >= 0.3 is 0 Å². The second kappa shape index (κ2) is 41.3. The topological polar surface area (TPSA) is 34.3 Å². The van der Waals surface area contributed by atoms with Gasteiger partial charge < -0.3 is 14.2 Å². The van der Waals surface area contributed by atoms with Crippen molar-refractivity contribution in [1.82, 2.24) is 0 Å². The minimum atomic E-state index is -0.125. The van der Waals surface area contributed by atoms with Crippen LogP contribution in [0.1, 0.15) is 336 Å². The van der Waals surface area contributed by atoms with Crippen LogP contribution < -0.4 is 0 Å². The van der Waals surface area contributed by atoms with Crippen LogP contribution >= 0.6 is 0 Å². The van der Waals surface area contributed by atoms with Crippen molar-refractivity contribution in [1.29, 1.82) is 0 Å². The molecule has 0 amide bonds. The Labute approximate surface area is 385 Å². The average Bonchev–Trinajstić information content (AvgIpc) is 4.20. The Kier molecular flexibility index (Phi) is 38.6. The summed E-state index contributed by atoms with van der Waals surface area (Å²) in [6.07, 6.45) is 67.1. The fraction of sp³-hybridized carbons (Fsp3) is 1.00. The normalized spacial score (nSPS) is 18.1. The van der Waals surface area contributed by atoms with E-state index in [1.54, 1.807) is 0 Å². The van der Waals surface area contributed by atoms with E-state index < -0.39 is 0 Å². The third-order valence-electron chi connectivity index (χ3n) is 15.1. The van der Waals surface area contributed by atoms with E-state index >= 15 is 0 Å². The molecular formula is C58H114O3. The second-order valence-corrected chi connectivity index (χ2v) is 21.0. The van der Waals surface area contributed by atoms with E-state index in [0.717, 1.165) is 13.2 Å². The summed E-state index contributed by atoms with van der Waals surface area (Å²) in [5.41, 5.74) is -0.250. The number of rotatable bonds is 52. The largest absolute Gasteiger partial charge is 0.370 e. The van der Waals surface area contributed by atoms with E-state index in [4.69, 9.17) is 14.2 Å². The number of epoxide rings is 2. The van der Waals surface area contributed by atoms with Crippen LogP contribution in [0.15, 0.2) is 0 Å². The molecule has 0 N–H and O–H groups in total. The molecule has 2 aliphatic rings. The molecule has 0 aromatic heterocycles. The highest BCUT2D eigenvalue weighted by atomic mass is 16.6. The number of ether oxygens (including phenoxy) is 3. The first-order valence-corrected chi connectivity index (χ1v) is 29.1. The van der Waals surface area contributed by atoms with Crippen LogP contribution in [0.2, 0.25) is 0 Å². The Bertz CT molecular complexity index is 813. The zero-order chi connectivity index (χ0) is 43.6. The maximum Gasteiger partial charge on any atom is 0.110 e. The van der Waals surface area contributed by atoms with Crippen LogP contribution in [0.4, 0.5) is 0 Å². The van der Waals surface area contributed by atoms with Gasteiger partial charge in [0.05, 0.1) is 24.4 Å². The third kappa shape index (κ3) is 31.4. The maximum atomic E-state index is 7.99. The molecular weight excluding hydrogens is 745 g/mol. The highest BCUT2D eigenvalue weighted by Gasteiger charge is 2.56. The van der Waals surface area contributed by atoms with Crippen molar-refractivity contribution in [2.45, 2.75) is 359 Å². The van der Waals surface area contributed by atoms with Gasteiger partial charge in [-0.15, -0.1) is 0 Å². The van der Waals surface area contributed by atoms with E-state index in [-0.39, 0.29) is 11.2 Å². The maximum absolute atomic E-state index is 7.99. The van der Waals surface area contributed by atoms with Gasteiger partial charge in [-0.2, -0.15) is 0 Å². The van der Waals surface area contributed by atoms with E-state index in [2.05, 4.69) is 27.7 Å². The molecule has 0 radical (unpaired) electrons. The highest BCUT2D eigenvalue weighted by molar-refractivity contribution is 5.04. The summed E-state index contributed by atoms with van der Waals surface area (Å²) in [5, 5.41) is 0. The van der Waals surface area contributed by atoms with Crippen molar-refractivity contribution in [2.75, 3.05) is 13.2 Å². The Morgan fingerprint density at radius 2 is 0.410 bits per heavy atom. The monoisotopic (exact) mass is 859 g/mol. The van der Waals surface area contributed by atoms with Crippen molar-refractivity contribution in [3.05, 3.63) is 0 Å². The molecule has 2 heterocycles. The smallest absolute Gasteiger partial charge is 0.110 e. The predicted octanol–water partition coefficient (Wildman–Crippen LogP) is 20.1. The van der Waals surface area contributed by atoms with E-state index in [1.165, 1.54) is 308 Å². The minimum absolute atomic E-state index is 0.125. The molecule has 2 rings (SSSR count). The van der Waals surface area contributed by atoms with Crippen LogP contribution in [0.3, 0.4) is 0 Å². The zero-order valence-electron chi connectivity index (χ0n) is 42.7. The van der Waals surface area contributed by atoms with E-state index in [1.807, 2.05) is 0 Å². The lowest BCUT2D eigenvalue weighted by atomic mass is 9.81. The van der Waals surface area contributed by atoms with E-state index in [9.17, 15) is 0 Å². The Hall–Kier alpha value is -0.120. The van der Waals surface area contributed by atoms with Crippen LogP contribution in [-0.4, -0.2) is 36.6 Å². The van der Waals surface area contributed by atoms with Crippen molar-refractivity contribution in [3.63, 3.8) is 0 Å². The van der Waals surface area contributed by atoms with Crippen LogP contribution in [0, 0.1) is 0 Å². The molecule has 4 atom stereocenters. The summed E-state index contributed by atoms with van der Waals surface area (Å²) in [5.74, 6) is 0. The van der Waals surface area contributed by atoms with Gasteiger partial charge in [-0.25, -0.2) is 0 Å². The Balaban J connectivity index is 2.02. The van der Waals surface area contributed by atoms with Crippen molar-refractivity contribution in [2.24, 2.45) is 0 Å². The van der Waals surface area contributed by atoms with Gasteiger partial charge in [0.25, 0.3) is 0 Å². The molecule has 3 heteroatoms. The zero-order valence-corrected chi connectivity index (χ0v) is 42.7. The average molecular weight is 860 g/mol. The summed E-state index contributed by atoms with van der Waals surface area (Å²) in [6.45, 7) is 11.1. The summed E-state index contributed by atoms with van der Waals surface area (Å²) in [4.78, 5) is 0. The van der Waals surface area contributed by atoms with Gasteiger partial charge in [0.2, 0.25) is 0 Å². The van der Waals surface area contributed by atoms with Crippen molar-refractivity contribution in [3.8, 4) is 0 Å². The van der Waals surface area contributed by atoms with Crippen LogP contribution in [0.5, 0.6) is 0 Å². The van der Waals surface area contributed by atoms with Gasteiger partial charge in [0, 0.05) is 0 Å². The van der Waals surface area contributed by atoms with Gasteiger partial charge in [0.1, 0.15) is 12.2 Å². The first-order chi connectivity index (χ1) is 30.2. The Morgan fingerprint density at radius 1 is 0.262 bits per heavy atom. The molecule has 0 aromatic rings. The van der Waals surface area contributed by atoms with Gasteiger partial charge in [-0.05, 0) is 25.7 Å². The van der Waals surface area contributed by atoms with Gasteiger partial charge in [-0.1, -0.05) is 310 Å². The lowest BCUT2D eigenvalue weighted by molar-refractivity contribution is -0.192. The predicted molar refractivity (Wildman–Crippen MR) is 270 cm³/mol. The Morgan fingerprint density at radius 3 is 0.557 bits per heavy atom. The first-order valence-electron chi connectivity index (χ1n) is 29.1. The van der Waals surface area contributed by atoms with Crippen molar-refractivity contribution < 1.29 is 14.2 Å². The summed E-state index contributed by atoms with van der Waals surface area (Å²) < 4.78 is 20.7. The summed E-state index contributed by atoms with van der Waals surface area (Å²) in [6, 6.07) is 0. The lowest BCUT2D eigenvalue weighted by Gasteiger charge is -2.44. The summed E-state index contributed by atoms with van der Waals surface area (Å²) in [7, 11) is 0. The molecule has 61 heavy (non-hydrogen) atoms. The molecule has 2 fully saturated rings. The fourth-order valence-corrected chi connectivity index (χ4v) is 10.7. The minimum Gasteiger partial charge on any atom is -0.370 e. The third-order valence-corrected chi connectivity index (χ3v) is 15.1. The molecule has 0 saturated carbocycles. The number of hydrogen-bond donors (Lipinski definition) is 0. The van der Waals surface area contributed by atoms with Crippen molar-refractivity contribution >= 4 is 0 Å². The molecule has 2 saturated heterocycles. The molecule has 2 aliphatic heterocycles. The standard InChI is InChI=1S/C58H114O3/c1-5-9-13-17-21-25-29-31-35-39-43-47-51-57(55-53-59-55,49-45-41-37-33-27-23-19-15-11-7-3)61-58(56-54-60-56,50-46-42-38-34-28-24-20-16-12-8-4)52-48-44-40-36-32-30-26-22-18-14-10-6-2/h55-56H,5-54H2,1-4H3. The molecule has 0 spiro atoms. The molecule has 364 valence electrons. The second-order valence-electron chi connectivity index (χ2n) is 21.0. The number of hydrogen-bond acceptors (Lipinski definition) is 3. The summed E-state index contributed by atoms with van der Waals surface area (Å²) >= 11 is 0. The molecule has 0 bridgehead atoms. The van der Waals surface area contributed by atoms with Crippen LogP contribution in [-0.2, 0) is 14.2 Å². The van der Waals surface area contributed by atoms with E-state index in [0.29, 0.717) is 12.2 Å². The SMILES string of the molecule is CCCCCCCCCCCCCCC(CCCCCCCCCCCC)(OC(CCCCCCCCCCCC)(CCCCCCCCCCCCCC)C1CO1)C1CO1. The highest BCUT2D eigenvalue weighted by Crippen LogP contribution is 2.47. The fourth-order valence-electron chi connectivity index (χ4n) is 10.7. The molecule has 3 nitrogen and oxygen atoms in total. The van der Waals surface area contributed by atoms with Crippen LogP contribution in [0.25, 0.3) is 0 Å².